The molecule has 2 heterocycles. The van der Waals surface area contributed by atoms with Crippen LogP contribution in [0.1, 0.15) is 37.7 Å². The molecule has 0 aliphatic carbocycles. The van der Waals surface area contributed by atoms with Crippen molar-refractivity contribution in [3.63, 3.8) is 0 Å². The summed E-state index contributed by atoms with van der Waals surface area (Å²) >= 11 is 1.80. The molecular weight excluding hydrogens is 268 g/mol. The number of nitrogens with zero attached hydrogens (tertiary/aromatic N) is 1. The van der Waals surface area contributed by atoms with Gasteiger partial charge in [-0.3, -0.25) is 4.79 Å². The lowest BCUT2D eigenvalue weighted by atomic mass is 9.93. The van der Waals surface area contributed by atoms with Crippen LogP contribution in [0.2, 0.25) is 0 Å². The molecule has 2 N–H and O–H groups in total. The Balaban J connectivity index is 1.82. The van der Waals surface area contributed by atoms with Crippen LogP contribution in [0, 0.1) is 0 Å². The van der Waals surface area contributed by atoms with Gasteiger partial charge in [-0.15, -0.1) is 11.8 Å². The highest BCUT2D eigenvalue weighted by Crippen LogP contribution is 2.41. The first-order chi connectivity index (χ1) is 9.68. The molecule has 0 unspecified atom stereocenters. The van der Waals surface area contributed by atoms with E-state index >= 15 is 0 Å². The zero-order chi connectivity index (χ0) is 14.1. The first-order valence-corrected chi connectivity index (χ1v) is 8.45. The predicted octanol–water partition coefficient (Wildman–Crippen LogP) is 2.60. The monoisotopic (exact) mass is 290 g/mol. The number of carbonyl (C=O) groups is 1. The van der Waals surface area contributed by atoms with Gasteiger partial charge in [0.05, 0.1) is 5.92 Å². The largest absolute Gasteiger partial charge is 0.338 e. The fourth-order valence-electron chi connectivity index (χ4n) is 3.34. The van der Waals surface area contributed by atoms with Crippen molar-refractivity contribution in [1.82, 2.24) is 4.90 Å². The van der Waals surface area contributed by atoms with Gasteiger partial charge in [0.1, 0.15) is 0 Å². The molecule has 0 saturated carbocycles. The SMILES string of the molecule is C[C@H](N)[C@@H]1CCCCN1C(=O)[C@H]1CSc2ccccc21. The fourth-order valence-corrected chi connectivity index (χ4v) is 4.56. The van der Waals surface area contributed by atoms with Gasteiger partial charge >= 0.3 is 0 Å². The molecule has 1 fully saturated rings. The number of amides is 1. The molecule has 0 spiro atoms. The average Bonchev–Trinajstić information content (AvgIpc) is 2.90. The Morgan fingerprint density at radius 1 is 1.40 bits per heavy atom. The Morgan fingerprint density at radius 2 is 2.20 bits per heavy atom. The lowest BCUT2D eigenvalue weighted by molar-refractivity contribution is -0.136. The third-order valence-corrected chi connectivity index (χ3v) is 5.62. The van der Waals surface area contributed by atoms with Crippen molar-refractivity contribution in [2.24, 2.45) is 5.73 Å². The van der Waals surface area contributed by atoms with Crippen LogP contribution in [0.5, 0.6) is 0 Å². The maximum Gasteiger partial charge on any atom is 0.231 e. The van der Waals surface area contributed by atoms with E-state index in [-0.39, 0.29) is 23.9 Å². The molecule has 3 nitrogen and oxygen atoms in total. The van der Waals surface area contributed by atoms with Crippen molar-refractivity contribution in [2.45, 2.75) is 49.1 Å². The van der Waals surface area contributed by atoms with Gasteiger partial charge in [0.2, 0.25) is 5.91 Å². The highest BCUT2D eigenvalue weighted by molar-refractivity contribution is 7.99. The lowest BCUT2D eigenvalue weighted by Gasteiger charge is -2.39. The summed E-state index contributed by atoms with van der Waals surface area (Å²) in [5, 5.41) is 0. The summed E-state index contributed by atoms with van der Waals surface area (Å²) in [6.07, 6.45) is 3.34. The maximum absolute atomic E-state index is 12.9. The number of hydrogen-bond acceptors (Lipinski definition) is 3. The number of fused-ring (bicyclic) bond motifs is 1. The van der Waals surface area contributed by atoms with Gasteiger partial charge in [-0.05, 0) is 37.8 Å². The topological polar surface area (TPSA) is 46.3 Å². The second kappa shape index (κ2) is 5.78. The summed E-state index contributed by atoms with van der Waals surface area (Å²) in [5.41, 5.74) is 7.29. The van der Waals surface area contributed by atoms with E-state index in [1.165, 1.54) is 16.9 Å². The number of hydrogen-bond donors (Lipinski definition) is 1. The number of likely N-dealkylation sites (tertiary alicyclic amines) is 1. The summed E-state index contributed by atoms with van der Waals surface area (Å²) in [6, 6.07) is 8.57. The van der Waals surface area contributed by atoms with E-state index in [1.54, 1.807) is 11.8 Å². The van der Waals surface area contributed by atoms with E-state index in [9.17, 15) is 4.79 Å². The molecular formula is C16H22N2OS. The zero-order valence-electron chi connectivity index (χ0n) is 11.9. The van der Waals surface area contributed by atoms with E-state index in [0.717, 1.165) is 25.1 Å². The number of piperidine rings is 1. The Hall–Kier alpha value is -1.00. The van der Waals surface area contributed by atoms with Crippen LogP contribution < -0.4 is 5.73 Å². The number of rotatable bonds is 2. The minimum atomic E-state index is 0.0237. The van der Waals surface area contributed by atoms with Crippen LogP contribution in [-0.4, -0.2) is 35.2 Å². The molecule has 0 aromatic heterocycles. The molecule has 108 valence electrons. The van der Waals surface area contributed by atoms with Gasteiger partial charge in [0.15, 0.2) is 0 Å². The number of benzene rings is 1. The molecule has 1 aromatic carbocycles. The number of nitrogens with two attached hydrogens (primary N) is 1. The summed E-state index contributed by atoms with van der Waals surface area (Å²) < 4.78 is 0. The third kappa shape index (κ3) is 2.47. The van der Waals surface area contributed by atoms with Gasteiger partial charge in [-0.1, -0.05) is 18.2 Å². The molecule has 0 radical (unpaired) electrons. The molecule has 1 amide bonds. The molecule has 1 saturated heterocycles. The third-order valence-electron chi connectivity index (χ3n) is 4.44. The Kier molecular flexibility index (Phi) is 4.03. The zero-order valence-corrected chi connectivity index (χ0v) is 12.7. The first-order valence-electron chi connectivity index (χ1n) is 7.46. The van der Waals surface area contributed by atoms with E-state index < -0.39 is 0 Å². The molecule has 20 heavy (non-hydrogen) atoms. The summed E-state index contributed by atoms with van der Waals surface area (Å²) in [7, 11) is 0. The molecule has 4 heteroatoms. The molecule has 3 atom stereocenters. The highest BCUT2D eigenvalue weighted by Gasteiger charge is 2.36. The Morgan fingerprint density at radius 3 is 3.00 bits per heavy atom. The average molecular weight is 290 g/mol. The van der Waals surface area contributed by atoms with Crippen LogP contribution in [0.3, 0.4) is 0 Å². The molecule has 3 rings (SSSR count). The fraction of sp³-hybridized carbons (Fsp3) is 0.562. The smallest absolute Gasteiger partial charge is 0.231 e. The van der Waals surface area contributed by atoms with Crippen LogP contribution in [0.15, 0.2) is 29.2 Å². The van der Waals surface area contributed by atoms with Crippen LogP contribution in [0.4, 0.5) is 0 Å². The second-order valence-electron chi connectivity index (χ2n) is 5.86. The Bertz CT molecular complexity index is 503. The van der Waals surface area contributed by atoms with Gasteiger partial charge in [-0.25, -0.2) is 0 Å². The normalized spacial score (nSPS) is 27.2. The van der Waals surface area contributed by atoms with E-state index in [4.69, 9.17) is 5.73 Å². The van der Waals surface area contributed by atoms with Gasteiger partial charge in [0, 0.05) is 29.3 Å². The summed E-state index contributed by atoms with van der Waals surface area (Å²) in [4.78, 5) is 16.3. The van der Waals surface area contributed by atoms with Crippen LogP contribution in [0.25, 0.3) is 0 Å². The summed E-state index contributed by atoms with van der Waals surface area (Å²) in [6.45, 7) is 2.89. The summed E-state index contributed by atoms with van der Waals surface area (Å²) in [5.74, 6) is 1.18. The number of thioether (sulfide) groups is 1. The molecule has 1 aromatic rings. The minimum absolute atomic E-state index is 0.0237. The van der Waals surface area contributed by atoms with Gasteiger partial charge in [-0.2, -0.15) is 0 Å². The van der Waals surface area contributed by atoms with E-state index in [2.05, 4.69) is 17.0 Å². The van der Waals surface area contributed by atoms with Gasteiger partial charge < -0.3 is 10.6 Å². The molecule has 2 aliphatic rings. The van der Waals surface area contributed by atoms with Gasteiger partial charge in [0.25, 0.3) is 0 Å². The van der Waals surface area contributed by atoms with Crippen molar-refractivity contribution >= 4 is 17.7 Å². The number of carbonyl (C=O) groups excluding carboxylic acids is 1. The lowest BCUT2D eigenvalue weighted by Crippen LogP contribution is -2.53. The van der Waals surface area contributed by atoms with Crippen molar-refractivity contribution in [3.8, 4) is 0 Å². The Labute approximate surface area is 124 Å². The van der Waals surface area contributed by atoms with Crippen LogP contribution in [-0.2, 0) is 4.79 Å². The van der Waals surface area contributed by atoms with E-state index in [1.807, 2.05) is 19.1 Å². The van der Waals surface area contributed by atoms with Crippen molar-refractivity contribution in [3.05, 3.63) is 29.8 Å². The van der Waals surface area contributed by atoms with E-state index in [0.29, 0.717) is 0 Å². The molecule has 0 bridgehead atoms. The second-order valence-corrected chi connectivity index (χ2v) is 6.92. The molecule has 2 aliphatic heterocycles. The standard InChI is InChI=1S/C16H22N2OS/c1-11(17)14-7-4-5-9-18(14)16(19)13-10-20-15-8-3-2-6-12(13)15/h2-3,6,8,11,13-14H,4-5,7,9-10,17H2,1H3/t11-,13-,14-/m0/s1. The van der Waals surface area contributed by atoms with Crippen molar-refractivity contribution in [1.29, 1.82) is 0 Å². The predicted molar refractivity (Wildman–Crippen MR) is 82.9 cm³/mol. The first kappa shape index (κ1) is 14.0. The van der Waals surface area contributed by atoms with Crippen LogP contribution >= 0.6 is 11.8 Å². The minimum Gasteiger partial charge on any atom is -0.338 e. The highest BCUT2D eigenvalue weighted by atomic mass is 32.2. The van der Waals surface area contributed by atoms with Crippen molar-refractivity contribution in [2.75, 3.05) is 12.3 Å². The van der Waals surface area contributed by atoms with Crippen molar-refractivity contribution < 1.29 is 4.79 Å². The quantitative estimate of drug-likeness (QED) is 0.910. The maximum atomic E-state index is 12.9.